The number of carbonyl (C=O) groups excluding carboxylic acids is 1. The Morgan fingerprint density at radius 3 is 2.28 bits per heavy atom. The van der Waals surface area contributed by atoms with Crippen molar-refractivity contribution in [3.63, 3.8) is 0 Å². The van der Waals surface area contributed by atoms with Gasteiger partial charge in [-0.25, -0.2) is 17.2 Å². The second-order valence-corrected chi connectivity index (χ2v) is 12.8. The van der Waals surface area contributed by atoms with Crippen LogP contribution in [0.25, 0.3) is 0 Å². The smallest absolute Gasteiger partial charge is 0.243 e. The maximum Gasteiger partial charge on any atom is 0.243 e. The fraction of sp³-hybridized carbons (Fsp3) is 0.179. The van der Waals surface area contributed by atoms with Gasteiger partial charge in [-0.15, -0.1) is 11.3 Å². The van der Waals surface area contributed by atoms with Gasteiger partial charge in [-0.05, 0) is 83.1 Å². The number of rotatable bonds is 7. The van der Waals surface area contributed by atoms with E-state index in [1.807, 2.05) is 11.4 Å². The van der Waals surface area contributed by atoms with E-state index in [1.54, 1.807) is 34.4 Å². The molecule has 0 N–H and O–H groups in total. The van der Waals surface area contributed by atoms with Crippen LogP contribution >= 0.6 is 34.5 Å². The summed E-state index contributed by atoms with van der Waals surface area (Å²) >= 11 is 14.3. The first-order valence-electron chi connectivity index (χ1n) is 11.9. The third-order valence-electron chi connectivity index (χ3n) is 6.58. The highest BCUT2D eigenvalue weighted by Crippen LogP contribution is 2.41. The number of carbonyl (C=O) groups is 1. The second kappa shape index (κ2) is 11.3. The van der Waals surface area contributed by atoms with E-state index < -0.39 is 40.2 Å². The molecular weight excluding hydrogens is 585 g/mol. The molecule has 1 aliphatic rings. The molecule has 5 nitrogen and oxygen atoms in total. The SMILES string of the molecule is O=C(CN(Cc1ccc(F)cc1)S(=O)(=O)c1ccc(F)cc1)N1CCc2sccc2C1c1ccc(Cl)cc1Cl. The van der Waals surface area contributed by atoms with Crippen molar-refractivity contribution in [3.05, 3.63) is 121 Å². The van der Waals surface area contributed by atoms with E-state index >= 15 is 0 Å². The number of benzene rings is 3. The van der Waals surface area contributed by atoms with Crippen molar-refractivity contribution in [3.8, 4) is 0 Å². The molecule has 4 aromatic rings. The molecule has 1 atom stereocenters. The monoisotopic (exact) mass is 606 g/mol. The van der Waals surface area contributed by atoms with Crippen molar-refractivity contribution in [1.82, 2.24) is 9.21 Å². The average molecular weight is 608 g/mol. The largest absolute Gasteiger partial charge is 0.330 e. The van der Waals surface area contributed by atoms with E-state index in [0.29, 0.717) is 34.1 Å². The number of fused-ring (bicyclic) bond motifs is 1. The van der Waals surface area contributed by atoms with Gasteiger partial charge in [-0.1, -0.05) is 41.4 Å². The van der Waals surface area contributed by atoms with Gasteiger partial charge in [0.15, 0.2) is 0 Å². The summed E-state index contributed by atoms with van der Waals surface area (Å²) < 4.78 is 55.4. The van der Waals surface area contributed by atoms with Crippen LogP contribution in [0.2, 0.25) is 10.0 Å². The van der Waals surface area contributed by atoms with Gasteiger partial charge in [0.05, 0.1) is 17.5 Å². The minimum atomic E-state index is -4.22. The zero-order valence-electron chi connectivity index (χ0n) is 20.4. The van der Waals surface area contributed by atoms with Crippen LogP contribution < -0.4 is 0 Å². The molecule has 1 aromatic heterocycles. The van der Waals surface area contributed by atoms with Crippen molar-refractivity contribution >= 4 is 50.5 Å². The van der Waals surface area contributed by atoms with Crippen LogP contribution in [0.15, 0.2) is 83.1 Å². The van der Waals surface area contributed by atoms with Crippen molar-refractivity contribution < 1.29 is 22.0 Å². The molecule has 202 valence electrons. The molecule has 11 heteroatoms. The molecule has 0 saturated heterocycles. The average Bonchev–Trinajstić information content (AvgIpc) is 3.38. The first kappa shape index (κ1) is 27.7. The van der Waals surface area contributed by atoms with Crippen LogP contribution in [0.3, 0.4) is 0 Å². The lowest BCUT2D eigenvalue weighted by molar-refractivity contribution is -0.133. The molecule has 0 fully saturated rings. The Balaban J connectivity index is 1.51. The lowest BCUT2D eigenvalue weighted by atomic mass is 9.93. The topological polar surface area (TPSA) is 57.7 Å². The van der Waals surface area contributed by atoms with Crippen molar-refractivity contribution in [2.45, 2.75) is 23.9 Å². The maximum atomic E-state index is 13.9. The second-order valence-electron chi connectivity index (χ2n) is 9.06. The molecular formula is C28H22Cl2F2N2O3S2. The Morgan fingerprint density at radius 2 is 1.62 bits per heavy atom. The van der Waals surface area contributed by atoms with Crippen LogP contribution in [0.5, 0.6) is 0 Å². The van der Waals surface area contributed by atoms with Crippen molar-refractivity contribution in [2.75, 3.05) is 13.1 Å². The lowest BCUT2D eigenvalue weighted by Gasteiger charge is -2.38. The third-order valence-corrected chi connectivity index (χ3v) is 9.94. The van der Waals surface area contributed by atoms with Gasteiger partial charge < -0.3 is 4.90 Å². The predicted molar refractivity (Wildman–Crippen MR) is 148 cm³/mol. The van der Waals surface area contributed by atoms with E-state index in [1.165, 1.54) is 24.3 Å². The van der Waals surface area contributed by atoms with Crippen molar-refractivity contribution in [2.24, 2.45) is 0 Å². The number of nitrogens with zero attached hydrogens (tertiary/aromatic N) is 2. The number of hydrogen-bond acceptors (Lipinski definition) is 4. The minimum Gasteiger partial charge on any atom is -0.330 e. The fourth-order valence-electron chi connectivity index (χ4n) is 4.66. The summed E-state index contributed by atoms with van der Waals surface area (Å²) in [5.41, 5.74) is 2.10. The lowest BCUT2D eigenvalue weighted by Crippen LogP contribution is -2.46. The maximum absolute atomic E-state index is 13.9. The van der Waals surface area contributed by atoms with Gasteiger partial charge >= 0.3 is 0 Å². The van der Waals surface area contributed by atoms with E-state index in [2.05, 4.69) is 0 Å². The summed E-state index contributed by atoms with van der Waals surface area (Å²) in [5, 5.41) is 2.81. The van der Waals surface area contributed by atoms with Crippen LogP contribution in [0.4, 0.5) is 8.78 Å². The summed E-state index contributed by atoms with van der Waals surface area (Å²) in [4.78, 5) is 16.5. The van der Waals surface area contributed by atoms with Crippen molar-refractivity contribution in [1.29, 1.82) is 0 Å². The van der Waals surface area contributed by atoms with Gasteiger partial charge in [0.1, 0.15) is 11.6 Å². The highest BCUT2D eigenvalue weighted by molar-refractivity contribution is 7.89. The molecule has 0 spiro atoms. The fourth-order valence-corrected chi connectivity index (χ4v) is 7.45. The van der Waals surface area contributed by atoms with Crippen LogP contribution in [0, 0.1) is 11.6 Å². The Morgan fingerprint density at radius 1 is 0.949 bits per heavy atom. The first-order valence-corrected chi connectivity index (χ1v) is 15.0. The summed E-state index contributed by atoms with van der Waals surface area (Å²) in [6.07, 6.45) is 0.614. The molecule has 1 amide bonds. The van der Waals surface area contributed by atoms with E-state index in [0.717, 1.165) is 39.0 Å². The zero-order valence-corrected chi connectivity index (χ0v) is 23.5. The Kier molecular flexibility index (Phi) is 8.07. The number of hydrogen-bond donors (Lipinski definition) is 0. The Hall–Kier alpha value is -2.82. The number of amides is 1. The van der Waals surface area contributed by atoms with Gasteiger partial charge in [-0.3, -0.25) is 4.79 Å². The normalized spacial score (nSPS) is 15.4. The van der Waals surface area contributed by atoms with Crippen LogP contribution in [-0.4, -0.2) is 36.6 Å². The summed E-state index contributed by atoms with van der Waals surface area (Å²) in [7, 11) is -4.22. The summed E-state index contributed by atoms with van der Waals surface area (Å²) in [5.74, 6) is -1.49. The molecule has 0 bridgehead atoms. The van der Waals surface area contributed by atoms with E-state index in [4.69, 9.17) is 23.2 Å². The third kappa shape index (κ3) is 5.88. The van der Waals surface area contributed by atoms with Gasteiger partial charge in [0.25, 0.3) is 0 Å². The molecule has 0 saturated carbocycles. The molecule has 5 rings (SSSR count). The number of halogens is 4. The van der Waals surface area contributed by atoms with Gasteiger partial charge in [-0.2, -0.15) is 4.31 Å². The molecule has 0 aliphatic carbocycles. The highest BCUT2D eigenvalue weighted by Gasteiger charge is 2.36. The quantitative estimate of drug-likeness (QED) is 0.235. The van der Waals surface area contributed by atoms with Crippen LogP contribution in [0.1, 0.15) is 27.6 Å². The predicted octanol–water partition coefficient (Wildman–Crippen LogP) is 6.70. The van der Waals surface area contributed by atoms with Gasteiger partial charge in [0, 0.05) is 28.0 Å². The zero-order chi connectivity index (χ0) is 27.7. The molecule has 0 radical (unpaired) electrons. The first-order chi connectivity index (χ1) is 18.6. The molecule has 39 heavy (non-hydrogen) atoms. The Labute approximate surface area is 239 Å². The molecule has 2 heterocycles. The van der Waals surface area contributed by atoms with E-state index in [-0.39, 0.29) is 11.4 Å². The molecule has 1 unspecified atom stereocenters. The number of sulfonamides is 1. The number of thiophene rings is 1. The molecule has 1 aliphatic heterocycles. The molecule has 3 aromatic carbocycles. The minimum absolute atomic E-state index is 0.158. The highest BCUT2D eigenvalue weighted by atomic mass is 35.5. The summed E-state index contributed by atoms with van der Waals surface area (Å²) in [6, 6.07) is 16.3. The van der Waals surface area contributed by atoms with E-state index in [9.17, 15) is 22.0 Å². The van der Waals surface area contributed by atoms with Gasteiger partial charge in [0.2, 0.25) is 15.9 Å². The van der Waals surface area contributed by atoms with Crippen LogP contribution in [-0.2, 0) is 27.8 Å². The standard InChI is InChI=1S/C28H22Cl2F2N2O3S2/c29-19-3-10-23(25(30)15-19)28-24-12-14-38-26(24)11-13-34(28)27(35)17-33(16-18-1-4-20(31)5-2-18)39(36,37)22-8-6-21(32)7-9-22/h1-10,12,14-15,28H,11,13,16-17H2. The Bertz CT molecular complexity index is 1610. The summed E-state index contributed by atoms with van der Waals surface area (Å²) in [6.45, 7) is -0.315.